The molecular weight excluding hydrogens is 505 g/mol. The summed E-state index contributed by atoms with van der Waals surface area (Å²) in [4.78, 5) is 4.78. The maximum atomic E-state index is 6.15. The van der Waals surface area contributed by atoms with Crippen LogP contribution in [-0.2, 0) is 16.0 Å². The molecule has 1 saturated heterocycles. The molecule has 2 fully saturated rings. The molecule has 6 nitrogen and oxygen atoms in total. The number of hydrogen-bond acceptors (Lipinski definition) is 4. The summed E-state index contributed by atoms with van der Waals surface area (Å²) < 4.78 is 17.6. The van der Waals surface area contributed by atoms with E-state index in [9.17, 15) is 0 Å². The van der Waals surface area contributed by atoms with Crippen LogP contribution in [0.5, 0.6) is 5.75 Å². The van der Waals surface area contributed by atoms with E-state index in [-0.39, 0.29) is 24.0 Å². The van der Waals surface area contributed by atoms with E-state index >= 15 is 0 Å². The van der Waals surface area contributed by atoms with Crippen LogP contribution in [0, 0.1) is 12.8 Å². The van der Waals surface area contributed by atoms with Crippen LogP contribution in [0.1, 0.15) is 56.6 Å². The van der Waals surface area contributed by atoms with Crippen molar-refractivity contribution in [1.29, 1.82) is 0 Å². The molecule has 1 aliphatic carbocycles. The van der Waals surface area contributed by atoms with Gasteiger partial charge in [-0.05, 0) is 51.2 Å². The molecular formula is C24H40IN3O3. The van der Waals surface area contributed by atoms with Crippen LogP contribution >= 0.6 is 24.0 Å². The lowest BCUT2D eigenvalue weighted by Gasteiger charge is -2.15. The van der Waals surface area contributed by atoms with Gasteiger partial charge in [0.1, 0.15) is 5.75 Å². The SMILES string of the molecule is CCNC(=NCc1ccc(C)cc1OCC1CCOC1)NCCCOC1CCCC1.I. The summed E-state index contributed by atoms with van der Waals surface area (Å²) >= 11 is 0. The van der Waals surface area contributed by atoms with Gasteiger partial charge in [-0.15, -0.1) is 24.0 Å². The zero-order chi connectivity index (χ0) is 21.0. The van der Waals surface area contributed by atoms with Gasteiger partial charge in [-0.1, -0.05) is 25.0 Å². The van der Waals surface area contributed by atoms with Gasteiger partial charge in [0, 0.05) is 37.8 Å². The predicted octanol–water partition coefficient (Wildman–Crippen LogP) is 4.43. The largest absolute Gasteiger partial charge is 0.493 e. The summed E-state index contributed by atoms with van der Waals surface area (Å²) in [5.41, 5.74) is 2.31. The number of aliphatic imine (C=N–C) groups is 1. The van der Waals surface area contributed by atoms with Gasteiger partial charge in [0.15, 0.2) is 5.96 Å². The molecule has 1 atom stereocenters. The first-order valence-electron chi connectivity index (χ1n) is 11.7. The molecule has 1 heterocycles. The van der Waals surface area contributed by atoms with Crippen molar-refractivity contribution in [2.45, 2.75) is 65.0 Å². The van der Waals surface area contributed by atoms with Crippen LogP contribution in [0.4, 0.5) is 0 Å². The molecule has 1 aromatic carbocycles. The molecule has 1 saturated carbocycles. The van der Waals surface area contributed by atoms with Crippen molar-refractivity contribution in [3.63, 3.8) is 0 Å². The molecule has 0 amide bonds. The summed E-state index contributed by atoms with van der Waals surface area (Å²) in [5, 5.41) is 6.76. The molecule has 0 radical (unpaired) electrons. The number of benzene rings is 1. The van der Waals surface area contributed by atoms with Crippen LogP contribution in [0.2, 0.25) is 0 Å². The van der Waals surface area contributed by atoms with E-state index in [0.29, 0.717) is 25.2 Å². The first kappa shape index (κ1) is 26.2. The Kier molecular flexibility index (Phi) is 12.6. The van der Waals surface area contributed by atoms with E-state index in [4.69, 9.17) is 19.2 Å². The van der Waals surface area contributed by atoms with Crippen molar-refractivity contribution in [2.24, 2.45) is 10.9 Å². The minimum atomic E-state index is 0. The first-order chi connectivity index (χ1) is 14.7. The van der Waals surface area contributed by atoms with E-state index in [1.54, 1.807) is 0 Å². The third kappa shape index (κ3) is 9.53. The number of halogens is 1. The zero-order valence-corrected chi connectivity index (χ0v) is 21.5. The highest BCUT2D eigenvalue weighted by atomic mass is 127. The highest BCUT2D eigenvalue weighted by Gasteiger charge is 2.17. The van der Waals surface area contributed by atoms with Crippen LogP contribution in [-0.4, -0.2) is 51.6 Å². The Labute approximate surface area is 204 Å². The maximum Gasteiger partial charge on any atom is 0.191 e. The van der Waals surface area contributed by atoms with Gasteiger partial charge in [-0.2, -0.15) is 0 Å². The Hall–Kier alpha value is -1.06. The number of rotatable bonds is 11. The lowest BCUT2D eigenvalue weighted by Crippen LogP contribution is -2.38. The zero-order valence-electron chi connectivity index (χ0n) is 19.2. The van der Waals surface area contributed by atoms with E-state index in [0.717, 1.165) is 63.0 Å². The predicted molar refractivity (Wildman–Crippen MR) is 137 cm³/mol. The van der Waals surface area contributed by atoms with E-state index in [1.165, 1.54) is 31.2 Å². The number of aryl methyl sites for hydroxylation is 1. The van der Waals surface area contributed by atoms with Gasteiger partial charge in [-0.3, -0.25) is 0 Å². The molecule has 176 valence electrons. The van der Waals surface area contributed by atoms with Gasteiger partial charge in [0.2, 0.25) is 0 Å². The molecule has 0 bridgehead atoms. The molecule has 2 N–H and O–H groups in total. The molecule has 1 aromatic rings. The van der Waals surface area contributed by atoms with Gasteiger partial charge in [-0.25, -0.2) is 4.99 Å². The normalized spacial score (nSPS) is 19.3. The van der Waals surface area contributed by atoms with Crippen molar-refractivity contribution < 1.29 is 14.2 Å². The fourth-order valence-electron chi connectivity index (χ4n) is 3.94. The molecule has 0 spiro atoms. The number of nitrogens with zero attached hydrogens (tertiary/aromatic N) is 1. The second-order valence-corrected chi connectivity index (χ2v) is 8.40. The number of guanidine groups is 1. The standard InChI is InChI=1S/C24H39N3O3.HI/c1-3-25-24(26-12-6-13-29-22-7-4-5-8-22)27-16-21-10-9-19(2)15-23(21)30-18-20-11-14-28-17-20;/h9-10,15,20,22H,3-8,11-14,16-18H2,1-2H3,(H2,25,26,27);1H. The Morgan fingerprint density at radius 2 is 2.03 bits per heavy atom. The van der Waals surface area contributed by atoms with Crippen molar-refractivity contribution in [2.75, 3.05) is 39.5 Å². The highest BCUT2D eigenvalue weighted by Crippen LogP contribution is 2.23. The van der Waals surface area contributed by atoms with E-state index in [2.05, 4.69) is 42.7 Å². The van der Waals surface area contributed by atoms with Crippen molar-refractivity contribution in [3.05, 3.63) is 29.3 Å². The second kappa shape index (κ2) is 14.9. The van der Waals surface area contributed by atoms with Crippen LogP contribution in [0.25, 0.3) is 0 Å². The molecule has 7 heteroatoms. The van der Waals surface area contributed by atoms with Crippen molar-refractivity contribution in [1.82, 2.24) is 10.6 Å². The second-order valence-electron chi connectivity index (χ2n) is 8.40. The maximum absolute atomic E-state index is 6.15. The lowest BCUT2D eigenvalue weighted by molar-refractivity contribution is 0.0574. The molecule has 0 aromatic heterocycles. The van der Waals surface area contributed by atoms with Gasteiger partial charge < -0.3 is 24.8 Å². The molecule has 1 unspecified atom stereocenters. The van der Waals surface area contributed by atoms with Crippen molar-refractivity contribution in [3.8, 4) is 5.75 Å². The molecule has 1 aliphatic heterocycles. The Balaban J connectivity index is 0.00000341. The monoisotopic (exact) mass is 545 g/mol. The van der Waals surface area contributed by atoms with Crippen molar-refractivity contribution >= 4 is 29.9 Å². The molecule has 2 aliphatic rings. The number of nitrogens with one attached hydrogen (secondary N) is 2. The average Bonchev–Trinajstić information content (AvgIpc) is 3.45. The van der Waals surface area contributed by atoms with Gasteiger partial charge in [0.25, 0.3) is 0 Å². The quantitative estimate of drug-likeness (QED) is 0.187. The Bertz CT molecular complexity index is 659. The minimum absolute atomic E-state index is 0. The summed E-state index contributed by atoms with van der Waals surface area (Å²) in [6.07, 6.45) is 7.65. The number of hydrogen-bond donors (Lipinski definition) is 2. The van der Waals surface area contributed by atoms with Crippen LogP contribution in [0.15, 0.2) is 23.2 Å². The van der Waals surface area contributed by atoms with Crippen LogP contribution < -0.4 is 15.4 Å². The summed E-state index contributed by atoms with van der Waals surface area (Å²) in [6, 6.07) is 6.36. The average molecular weight is 546 g/mol. The lowest BCUT2D eigenvalue weighted by atomic mass is 10.1. The van der Waals surface area contributed by atoms with Gasteiger partial charge in [0.05, 0.1) is 25.9 Å². The fourth-order valence-corrected chi connectivity index (χ4v) is 3.94. The third-order valence-corrected chi connectivity index (χ3v) is 5.74. The molecule has 3 rings (SSSR count). The molecule has 31 heavy (non-hydrogen) atoms. The first-order valence-corrected chi connectivity index (χ1v) is 11.7. The van der Waals surface area contributed by atoms with Gasteiger partial charge >= 0.3 is 0 Å². The van der Waals surface area contributed by atoms with E-state index in [1.807, 2.05) is 0 Å². The topological polar surface area (TPSA) is 64.1 Å². The Morgan fingerprint density at radius 1 is 1.19 bits per heavy atom. The Morgan fingerprint density at radius 3 is 2.77 bits per heavy atom. The smallest absolute Gasteiger partial charge is 0.191 e. The summed E-state index contributed by atoms with van der Waals surface area (Å²) in [6.45, 7) is 9.64. The van der Waals surface area contributed by atoms with E-state index < -0.39 is 0 Å². The summed E-state index contributed by atoms with van der Waals surface area (Å²) in [5.74, 6) is 2.27. The minimum Gasteiger partial charge on any atom is -0.493 e. The number of ether oxygens (including phenoxy) is 3. The summed E-state index contributed by atoms with van der Waals surface area (Å²) in [7, 11) is 0. The highest BCUT2D eigenvalue weighted by molar-refractivity contribution is 14.0. The fraction of sp³-hybridized carbons (Fsp3) is 0.708. The third-order valence-electron chi connectivity index (χ3n) is 5.74. The van der Waals surface area contributed by atoms with Crippen LogP contribution in [0.3, 0.4) is 0 Å².